The number of ether oxygens (including phenoxy) is 1. The van der Waals surface area contributed by atoms with Gasteiger partial charge in [0.1, 0.15) is 12.2 Å². The van der Waals surface area contributed by atoms with Crippen molar-refractivity contribution in [3.05, 3.63) is 23.8 Å². The van der Waals surface area contributed by atoms with Crippen molar-refractivity contribution < 1.29 is 14.3 Å². The Morgan fingerprint density at radius 3 is 2.63 bits per heavy atom. The molecule has 0 aromatic carbocycles. The molecule has 0 radical (unpaired) electrons. The first-order chi connectivity index (χ1) is 9.11. The van der Waals surface area contributed by atoms with Crippen molar-refractivity contribution in [3.8, 4) is 0 Å². The summed E-state index contributed by atoms with van der Waals surface area (Å²) in [5, 5.41) is 0. The third-order valence-electron chi connectivity index (χ3n) is 2.85. The SMILES string of the molecule is CCOC(=O)CN(C(=O)c1cnc(C)cn1)C1CC1. The fraction of sp³-hybridized carbons (Fsp3) is 0.538. The molecule has 0 N–H and O–H groups in total. The van der Waals surface area contributed by atoms with E-state index < -0.39 is 0 Å². The van der Waals surface area contributed by atoms with Crippen molar-refractivity contribution >= 4 is 11.9 Å². The van der Waals surface area contributed by atoms with E-state index in [1.54, 1.807) is 20.0 Å². The number of nitrogens with zero attached hydrogens (tertiary/aromatic N) is 3. The van der Waals surface area contributed by atoms with Crippen LogP contribution in [0.4, 0.5) is 0 Å². The van der Waals surface area contributed by atoms with Gasteiger partial charge in [-0.1, -0.05) is 0 Å². The molecule has 1 heterocycles. The summed E-state index contributed by atoms with van der Waals surface area (Å²) in [5.41, 5.74) is 1.02. The molecule has 0 unspecified atom stereocenters. The van der Waals surface area contributed by atoms with E-state index in [0.29, 0.717) is 6.61 Å². The smallest absolute Gasteiger partial charge is 0.325 e. The Hall–Kier alpha value is -1.98. The normalized spacial score (nSPS) is 14.0. The Morgan fingerprint density at radius 2 is 2.11 bits per heavy atom. The molecule has 1 aromatic heterocycles. The predicted octanol–water partition coefficient (Wildman–Crippen LogP) is 0.953. The van der Waals surface area contributed by atoms with Gasteiger partial charge in [-0.3, -0.25) is 14.6 Å². The van der Waals surface area contributed by atoms with Crippen LogP contribution in [0.25, 0.3) is 0 Å². The average molecular weight is 263 g/mol. The van der Waals surface area contributed by atoms with Crippen LogP contribution in [0.3, 0.4) is 0 Å². The van der Waals surface area contributed by atoms with Crippen molar-refractivity contribution in [2.24, 2.45) is 0 Å². The maximum atomic E-state index is 12.3. The highest BCUT2D eigenvalue weighted by Gasteiger charge is 2.35. The number of hydrogen-bond acceptors (Lipinski definition) is 5. The maximum Gasteiger partial charge on any atom is 0.325 e. The second-order valence-electron chi connectivity index (χ2n) is 4.51. The Balaban J connectivity index is 2.08. The molecule has 1 fully saturated rings. The number of aryl methyl sites for hydroxylation is 1. The quantitative estimate of drug-likeness (QED) is 0.740. The van der Waals surface area contributed by atoms with E-state index in [2.05, 4.69) is 9.97 Å². The molecular weight excluding hydrogens is 246 g/mol. The molecule has 1 amide bonds. The molecule has 19 heavy (non-hydrogen) atoms. The zero-order valence-electron chi connectivity index (χ0n) is 11.1. The molecular formula is C13H17N3O3. The summed E-state index contributed by atoms with van der Waals surface area (Å²) in [6, 6.07) is 0.125. The Bertz CT molecular complexity index is 469. The van der Waals surface area contributed by atoms with Gasteiger partial charge in [-0.2, -0.15) is 0 Å². The Labute approximate surface area is 111 Å². The third kappa shape index (κ3) is 3.49. The van der Waals surface area contributed by atoms with Crippen LogP contribution < -0.4 is 0 Å². The predicted molar refractivity (Wildman–Crippen MR) is 67.5 cm³/mol. The van der Waals surface area contributed by atoms with E-state index in [0.717, 1.165) is 18.5 Å². The van der Waals surface area contributed by atoms with Crippen LogP contribution >= 0.6 is 0 Å². The summed E-state index contributed by atoms with van der Waals surface area (Å²) in [6.07, 6.45) is 4.83. The molecule has 0 aliphatic heterocycles. The maximum absolute atomic E-state index is 12.3. The van der Waals surface area contributed by atoms with Crippen LogP contribution in [-0.2, 0) is 9.53 Å². The Kier molecular flexibility index (Phi) is 4.09. The first-order valence-electron chi connectivity index (χ1n) is 6.37. The van der Waals surface area contributed by atoms with E-state index in [9.17, 15) is 9.59 Å². The molecule has 2 rings (SSSR count). The number of esters is 1. The molecule has 6 heteroatoms. The summed E-state index contributed by atoms with van der Waals surface area (Å²) in [6.45, 7) is 3.84. The minimum Gasteiger partial charge on any atom is -0.465 e. The average Bonchev–Trinajstić information content (AvgIpc) is 3.21. The van der Waals surface area contributed by atoms with E-state index in [-0.39, 0.29) is 30.2 Å². The highest BCUT2D eigenvalue weighted by molar-refractivity contribution is 5.94. The van der Waals surface area contributed by atoms with Gasteiger partial charge in [-0.05, 0) is 26.7 Å². The van der Waals surface area contributed by atoms with Crippen LogP contribution in [0, 0.1) is 6.92 Å². The van der Waals surface area contributed by atoms with Gasteiger partial charge in [-0.15, -0.1) is 0 Å². The molecule has 1 aliphatic rings. The van der Waals surface area contributed by atoms with Crippen molar-refractivity contribution in [2.75, 3.05) is 13.2 Å². The molecule has 0 saturated heterocycles. The molecule has 102 valence electrons. The number of amides is 1. The van der Waals surface area contributed by atoms with Crippen LogP contribution in [0.1, 0.15) is 35.9 Å². The second-order valence-corrected chi connectivity index (χ2v) is 4.51. The zero-order valence-corrected chi connectivity index (χ0v) is 11.1. The fourth-order valence-corrected chi connectivity index (χ4v) is 1.75. The third-order valence-corrected chi connectivity index (χ3v) is 2.85. The first kappa shape index (κ1) is 13.5. The molecule has 0 spiro atoms. The lowest BCUT2D eigenvalue weighted by molar-refractivity contribution is -0.144. The monoisotopic (exact) mass is 263 g/mol. The Morgan fingerprint density at radius 1 is 1.37 bits per heavy atom. The highest BCUT2D eigenvalue weighted by Crippen LogP contribution is 2.27. The largest absolute Gasteiger partial charge is 0.465 e. The van der Waals surface area contributed by atoms with Crippen LogP contribution in [0.15, 0.2) is 12.4 Å². The number of aromatic nitrogens is 2. The number of hydrogen-bond donors (Lipinski definition) is 0. The van der Waals surface area contributed by atoms with Crippen molar-refractivity contribution in [2.45, 2.75) is 32.7 Å². The van der Waals surface area contributed by atoms with E-state index >= 15 is 0 Å². The van der Waals surface area contributed by atoms with Crippen molar-refractivity contribution in [1.29, 1.82) is 0 Å². The van der Waals surface area contributed by atoms with E-state index in [1.807, 2.05) is 0 Å². The van der Waals surface area contributed by atoms with E-state index in [1.165, 1.54) is 11.1 Å². The summed E-state index contributed by atoms with van der Waals surface area (Å²) in [4.78, 5) is 33.4. The van der Waals surface area contributed by atoms with Crippen LogP contribution in [-0.4, -0.2) is 45.9 Å². The van der Waals surface area contributed by atoms with Gasteiger partial charge in [0, 0.05) is 12.2 Å². The minimum atomic E-state index is -0.386. The fourth-order valence-electron chi connectivity index (χ4n) is 1.75. The standard InChI is InChI=1S/C13H17N3O3/c1-3-19-12(17)8-16(10-4-5-10)13(18)11-7-14-9(2)6-15-11/h6-7,10H,3-5,8H2,1-2H3. The van der Waals surface area contributed by atoms with Gasteiger partial charge in [0.2, 0.25) is 0 Å². The topological polar surface area (TPSA) is 72.4 Å². The minimum absolute atomic E-state index is 0.0209. The second kappa shape index (κ2) is 5.77. The lowest BCUT2D eigenvalue weighted by atomic mass is 10.3. The zero-order chi connectivity index (χ0) is 13.8. The molecule has 1 aromatic rings. The summed E-state index contributed by atoms with van der Waals surface area (Å²) < 4.78 is 4.89. The summed E-state index contributed by atoms with van der Waals surface area (Å²) in [5.74, 6) is -0.647. The first-order valence-corrected chi connectivity index (χ1v) is 6.37. The molecule has 1 saturated carbocycles. The molecule has 0 atom stereocenters. The van der Waals surface area contributed by atoms with Gasteiger partial charge < -0.3 is 9.64 Å². The highest BCUT2D eigenvalue weighted by atomic mass is 16.5. The number of rotatable bonds is 5. The van der Waals surface area contributed by atoms with Gasteiger partial charge in [0.15, 0.2) is 0 Å². The lowest BCUT2D eigenvalue weighted by Gasteiger charge is -2.20. The van der Waals surface area contributed by atoms with Crippen molar-refractivity contribution in [3.63, 3.8) is 0 Å². The number of carbonyl (C=O) groups is 2. The van der Waals surface area contributed by atoms with Crippen LogP contribution in [0.5, 0.6) is 0 Å². The lowest BCUT2D eigenvalue weighted by Crippen LogP contribution is -2.38. The van der Waals surface area contributed by atoms with Gasteiger partial charge in [0.05, 0.1) is 18.5 Å². The summed E-state index contributed by atoms with van der Waals surface area (Å²) in [7, 11) is 0. The molecule has 6 nitrogen and oxygen atoms in total. The van der Waals surface area contributed by atoms with Gasteiger partial charge in [-0.25, -0.2) is 4.98 Å². The van der Waals surface area contributed by atoms with Crippen molar-refractivity contribution in [1.82, 2.24) is 14.9 Å². The van der Waals surface area contributed by atoms with Crippen LogP contribution in [0.2, 0.25) is 0 Å². The molecule has 1 aliphatic carbocycles. The number of carbonyl (C=O) groups excluding carboxylic acids is 2. The summed E-state index contributed by atoms with van der Waals surface area (Å²) >= 11 is 0. The molecule has 0 bridgehead atoms. The van der Waals surface area contributed by atoms with E-state index in [4.69, 9.17) is 4.74 Å². The van der Waals surface area contributed by atoms with Gasteiger partial charge >= 0.3 is 5.97 Å². The van der Waals surface area contributed by atoms with Gasteiger partial charge in [0.25, 0.3) is 5.91 Å².